The highest BCUT2D eigenvalue weighted by Gasteiger charge is 2.19. The lowest BCUT2D eigenvalue weighted by atomic mass is 10.2. The van der Waals surface area contributed by atoms with Crippen molar-refractivity contribution in [2.24, 2.45) is 0 Å². The first-order valence-electron chi connectivity index (χ1n) is 9.14. The predicted molar refractivity (Wildman–Crippen MR) is 101 cm³/mol. The van der Waals surface area contributed by atoms with Crippen molar-refractivity contribution >= 4 is 5.65 Å². The van der Waals surface area contributed by atoms with E-state index in [2.05, 4.69) is 38.5 Å². The van der Waals surface area contributed by atoms with Crippen molar-refractivity contribution in [3.63, 3.8) is 0 Å². The van der Waals surface area contributed by atoms with Crippen molar-refractivity contribution in [1.82, 2.24) is 34.9 Å². The fourth-order valence-corrected chi connectivity index (χ4v) is 3.36. The van der Waals surface area contributed by atoms with Gasteiger partial charge in [-0.15, -0.1) is 15.3 Å². The molecule has 0 fully saturated rings. The Morgan fingerprint density at radius 2 is 2.07 bits per heavy atom. The molecule has 0 saturated carbocycles. The minimum atomic E-state index is 0.270. The van der Waals surface area contributed by atoms with Crippen LogP contribution in [0.3, 0.4) is 0 Å². The number of aromatic nitrogens is 6. The van der Waals surface area contributed by atoms with Gasteiger partial charge in [0.1, 0.15) is 12.4 Å². The Hall–Kier alpha value is -3.53. The minimum Gasteiger partial charge on any atom is -0.491 e. The maximum absolute atomic E-state index is 5.94. The third-order valence-electron chi connectivity index (χ3n) is 4.75. The molecule has 10 heteroatoms. The number of hydrogen-bond donors (Lipinski definition) is 0. The van der Waals surface area contributed by atoms with E-state index in [1.807, 2.05) is 13.0 Å². The number of pyridine rings is 1. The highest BCUT2D eigenvalue weighted by molar-refractivity contribution is 5.56. The van der Waals surface area contributed by atoms with E-state index in [0.717, 1.165) is 24.5 Å². The van der Waals surface area contributed by atoms with Gasteiger partial charge in [-0.1, -0.05) is 11.2 Å². The summed E-state index contributed by atoms with van der Waals surface area (Å²) in [4.78, 5) is 6.93. The summed E-state index contributed by atoms with van der Waals surface area (Å²) >= 11 is 0. The molecule has 4 aromatic heterocycles. The highest BCUT2D eigenvalue weighted by Crippen LogP contribution is 2.28. The smallest absolute Gasteiger partial charge is 0.275 e. The monoisotopic (exact) mass is 393 g/mol. The van der Waals surface area contributed by atoms with Crippen LogP contribution < -0.4 is 9.47 Å². The van der Waals surface area contributed by atoms with E-state index < -0.39 is 0 Å². The molecule has 5 rings (SSSR count). The molecule has 1 aliphatic rings. The van der Waals surface area contributed by atoms with Gasteiger partial charge in [-0.2, -0.15) is 4.52 Å². The van der Waals surface area contributed by atoms with E-state index in [9.17, 15) is 0 Å². The average molecular weight is 393 g/mol. The van der Waals surface area contributed by atoms with E-state index in [1.54, 1.807) is 23.8 Å². The van der Waals surface area contributed by atoms with Crippen LogP contribution in [0.1, 0.15) is 22.7 Å². The first-order chi connectivity index (χ1) is 14.1. The SMILES string of the molecule is COc1cc2nnc(-c3cc(C)on3)n2nc1OCc1ccc2c(n1)CN(C)C2. The zero-order valence-electron chi connectivity index (χ0n) is 16.3. The highest BCUT2D eigenvalue weighted by atomic mass is 16.5. The van der Waals surface area contributed by atoms with Gasteiger partial charge in [0.2, 0.25) is 5.82 Å². The van der Waals surface area contributed by atoms with Gasteiger partial charge in [0.15, 0.2) is 17.1 Å². The molecule has 0 atom stereocenters. The summed E-state index contributed by atoms with van der Waals surface area (Å²) in [6.07, 6.45) is 0. The lowest BCUT2D eigenvalue weighted by Gasteiger charge is -2.10. The molecule has 0 spiro atoms. The first kappa shape index (κ1) is 17.6. The second kappa shape index (κ2) is 6.82. The summed E-state index contributed by atoms with van der Waals surface area (Å²) in [5, 5.41) is 16.8. The van der Waals surface area contributed by atoms with Crippen LogP contribution in [0, 0.1) is 6.92 Å². The largest absolute Gasteiger partial charge is 0.491 e. The molecular formula is C19H19N7O3. The topological polar surface area (TPSA) is 104 Å². The Bertz CT molecular complexity index is 1200. The fraction of sp³-hybridized carbons (Fsp3) is 0.316. The van der Waals surface area contributed by atoms with E-state index in [0.29, 0.717) is 34.6 Å². The van der Waals surface area contributed by atoms with Gasteiger partial charge in [0, 0.05) is 25.2 Å². The third kappa shape index (κ3) is 3.17. The molecule has 5 heterocycles. The van der Waals surface area contributed by atoms with Crippen LogP contribution in [0.5, 0.6) is 11.6 Å². The number of rotatable bonds is 5. The number of fused-ring (bicyclic) bond motifs is 2. The third-order valence-corrected chi connectivity index (χ3v) is 4.75. The fourth-order valence-electron chi connectivity index (χ4n) is 3.36. The van der Waals surface area contributed by atoms with E-state index in [-0.39, 0.29) is 6.61 Å². The van der Waals surface area contributed by atoms with E-state index >= 15 is 0 Å². The summed E-state index contributed by atoms with van der Waals surface area (Å²) < 4.78 is 18.1. The Balaban J connectivity index is 1.45. The molecule has 0 aliphatic carbocycles. The number of ether oxygens (including phenoxy) is 2. The Morgan fingerprint density at radius 3 is 2.86 bits per heavy atom. The van der Waals surface area contributed by atoms with Crippen molar-refractivity contribution < 1.29 is 14.0 Å². The number of methoxy groups -OCH3 is 1. The molecule has 1 aliphatic heterocycles. The number of aryl methyl sites for hydroxylation is 1. The van der Waals surface area contributed by atoms with Crippen LogP contribution in [0.15, 0.2) is 28.8 Å². The lowest BCUT2D eigenvalue weighted by molar-refractivity contribution is 0.264. The lowest BCUT2D eigenvalue weighted by Crippen LogP contribution is -2.08. The number of nitrogens with zero attached hydrogens (tertiary/aromatic N) is 7. The van der Waals surface area contributed by atoms with Crippen molar-refractivity contribution in [1.29, 1.82) is 0 Å². The maximum Gasteiger partial charge on any atom is 0.275 e. The Labute approximate surface area is 166 Å². The molecule has 29 heavy (non-hydrogen) atoms. The van der Waals surface area contributed by atoms with Crippen molar-refractivity contribution in [2.75, 3.05) is 14.2 Å². The summed E-state index contributed by atoms with van der Waals surface area (Å²) in [6.45, 7) is 3.85. The van der Waals surface area contributed by atoms with Crippen molar-refractivity contribution in [3.8, 4) is 23.1 Å². The normalized spacial score (nSPS) is 13.8. The van der Waals surface area contributed by atoms with Gasteiger partial charge in [-0.3, -0.25) is 9.88 Å². The van der Waals surface area contributed by atoms with Gasteiger partial charge in [-0.25, -0.2) is 0 Å². The molecule has 10 nitrogen and oxygen atoms in total. The summed E-state index contributed by atoms with van der Waals surface area (Å²) in [7, 11) is 3.64. The number of hydrogen-bond acceptors (Lipinski definition) is 9. The predicted octanol–water partition coefficient (Wildman–Crippen LogP) is 2.02. The zero-order valence-corrected chi connectivity index (χ0v) is 16.3. The molecule has 0 saturated heterocycles. The Kier molecular flexibility index (Phi) is 4.13. The molecule has 0 N–H and O–H groups in total. The quantitative estimate of drug-likeness (QED) is 0.503. The van der Waals surface area contributed by atoms with Crippen LogP contribution in [-0.4, -0.2) is 49.0 Å². The second-order valence-corrected chi connectivity index (χ2v) is 7.00. The molecule has 0 aromatic carbocycles. The first-order valence-corrected chi connectivity index (χ1v) is 9.14. The minimum absolute atomic E-state index is 0.270. The standard InChI is InChI=1S/C19H19N7O3/c1-11-6-14(24-29-11)18-22-21-17-7-16(27-3)19(23-26(17)18)28-10-13-5-4-12-8-25(2)9-15(12)20-13/h4-7H,8-10H2,1-3H3. The van der Waals surface area contributed by atoms with Crippen LogP contribution >= 0.6 is 0 Å². The summed E-state index contributed by atoms with van der Waals surface area (Å²) in [5.41, 5.74) is 4.24. The van der Waals surface area contributed by atoms with Crippen molar-refractivity contribution in [3.05, 3.63) is 47.0 Å². The molecule has 4 aromatic rings. The van der Waals surface area contributed by atoms with Gasteiger partial charge in [0.05, 0.1) is 18.5 Å². The molecule has 0 bridgehead atoms. The molecule has 0 unspecified atom stereocenters. The van der Waals surface area contributed by atoms with E-state index in [1.165, 1.54) is 5.56 Å². The molecule has 148 valence electrons. The maximum atomic E-state index is 5.94. The molecule has 0 amide bonds. The van der Waals surface area contributed by atoms with Crippen LogP contribution in [0.2, 0.25) is 0 Å². The zero-order chi connectivity index (χ0) is 20.0. The van der Waals surface area contributed by atoms with E-state index in [4.69, 9.17) is 19.0 Å². The van der Waals surface area contributed by atoms with Gasteiger partial charge in [-0.05, 0) is 25.6 Å². The van der Waals surface area contributed by atoms with Crippen LogP contribution in [0.25, 0.3) is 17.2 Å². The van der Waals surface area contributed by atoms with Gasteiger partial charge in [0.25, 0.3) is 5.88 Å². The average Bonchev–Trinajstić information content (AvgIpc) is 3.41. The summed E-state index contributed by atoms with van der Waals surface area (Å²) in [6, 6.07) is 7.57. The van der Waals surface area contributed by atoms with Crippen LogP contribution in [0.4, 0.5) is 0 Å². The molecule has 0 radical (unpaired) electrons. The van der Waals surface area contributed by atoms with Gasteiger partial charge >= 0.3 is 0 Å². The summed E-state index contributed by atoms with van der Waals surface area (Å²) in [5.74, 6) is 1.92. The van der Waals surface area contributed by atoms with Crippen molar-refractivity contribution in [2.45, 2.75) is 26.6 Å². The van der Waals surface area contributed by atoms with Gasteiger partial charge < -0.3 is 14.0 Å². The van der Waals surface area contributed by atoms with Crippen LogP contribution in [-0.2, 0) is 19.7 Å². The second-order valence-electron chi connectivity index (χ2n) is 7.00. The molecular weight excluding hydrogens is 374 g/mol. The Morgan fingerprint density at radius 1 is 1.17 bits per heavy atom.